The molecule has 0 atom stereocenters. The fraction of sp³-hybridized carbons (Fsp3) is 0.739. The van der Waals surface area contributed by atoms with Crippen molar-refractivity contribution in [3.63, 3.8) is 0 Å². The highest BCUT2D eigenvalue weighted by Crippen LogP contribution is 2.19. The quantitative estimate of drug-likeness (QED) is 0.309. The van der Waals surface area contributed by atoms with Gasteiger partial charge in [-0.1, -0.05) is 26.7 Å². The number of nitrogens with one attached hydrogen (secondary N) is 2. The minimum absolute atomic E-state index is 0.653. The molecule has 0 aromatic heterocycles. The highest BCUT2D eigenvalue weighted by atomic mass is 16.5. The molecule has 0 unspecified atom stereocenters. The third-order valence-corrected chi connectivity index (χ3v) is 4.39. The van der Waals surface area contributed by atoms with Crippen molar-refractivity contribution < 1.29 is 18.9 Å². The summed E-state index contributed by atoms with van der Waals surface area (Å²) < 4.78 is 22.1. The topological polar surface area (TPSA) is 61.0 Å². The number of ether oxygens (including phenoxy) is 4. The fourth-order valence-corrected chi connectivity index (χ4v) is 2.63. The van der Waals surface area contributed by atoms with E-state index in [1.807, 2.05) is 0 Å². The fourth-order valence-electron chi connectivity index (χ4n) is 2.63. The first-order chi connectivity index (χ1) is 14.3. The van der Waals surface area contributed by atoms with Crippen LogP contribution in [0.5, 0.6) is 0 Å². The summed E-state index contributed by atoms with van der Waals surface area (Å²) >= 11 is 0. The first kappa shape index (κ1) is 25.7. The van der Waals surface area contributed by atoms with Gasteiger partial charge in [0.15, 0.2) is 0 Å². The molecule has 0 aliphatic heterocycles. The molecule has 6 heteroatoms. The summed E-state index contributed by atoms with van der Waals surface area (Å²) in [5, 5.41) is 6.82. The van der Waals surface area contributed by atoms with Crippen molar-refractivity contribution in [3.8, 4) is 0 Å². The van der Waals surface area contributed by atoms with Crippen LogP contribution in [0.25, 0.3) is 0 Å². The van der Waals surface area contributed by atoms with E-state index < -0.39 is 0 Å². The molecule has 0 fully saturated rings. The predicted molar refractivity (Wildman–Crippen MR) is 121 cm³/mol. The highest BCUT2D eigenvalue weighted by molar-refractivity contribution is 5.59. The first-order valence-corrected chi connectivity index (χ1v) is 11.2. The molecule has 1 aromatic carbocycles. The molecule has 1 rings (SSSR count). The smallest absolute Gasteiger partial charge is 0.0701 e. The lowest BCUT2D eigenvalue weighted by Crippen LogP contribution is -2.14. The maximum absolute atomic E-state index is 5.59. The van der Waals surface area contributed by atoms with E-state index in [1.54, 1.807) is 0 Å². The Morgan fingerprint density at radius 3 is 1.69 bits per heavy atom. The van der Waals surface area contributed by atoms with E-state index in [9.17, 15) is 0 Å². The Labute approximate surface area is 177 Å². The van der Waals surface area contributed by atoms with E-state index in [0.717, 1.165) is 50.5 Å². The number of hydrogen-bond acceptors (Lipinski definition) is 6. The number of hydrogen-bond donors (Lipinski definition) is 2. The second-order valence-electron chi connectivity index (χ2n) is 7.04. The predicted octanol–water partition coefficient (Wildman–Crippen LogP) is 4.49. The Bertz CT molecular complexity index is 500. The van der Waals surface area contributed by atoms with Crippen LogP contribution >= 0.6 is 0 Å². The standard InChI is InChI=1S/C23H42N2O4/c1-4-6-12-26-16-18-28-14-10-24-22-8-9-23(21(3)20-22)25-11-15-29-19-17-27-13-7-5-2/h8-9,20,24-25H,4-7,10-19H2,1-3H3. The lowest BCUT2D eigenvalue weighted by molar-refractivity contribution is 0.0505. The molecule has 6 nitrogen and oxygen atoms in total. The van der Waals surface area contributed by atoms with Crippen LogP contribution in [0.15, 0.2) is 18.2 Å². The molecule has 0 aliphatic rings. The van der Waals surface area contributed by atoms with Gasteiger partial charge in [0, 0.05) is 37.7 Å². The van der Waals surface area contributed by atoms with Crippen LogP contribution in [0.1, 0.15) is 45.1 Å². The van der Waals surface area contributed by atoms with E-state index in [4.69, 9.17) is 18.9 Å². The third kappa shape index (κ3) is 14.3. The van der Waals surface area contributed by atoms with Crippen LogP contribution in [0, 0.1) is 6.92 Å². The summed E-state index contributed by atoms with van der Waals surface area (Å²) in [5.41, 5.74) is 3.46. The second-order valence-corrected chi connectivity index (χ2v) is 7.04. The van der Waals surface area contributed by atoms with Crippen molar-refractivity contribution in [2.45, 2.75) is 46.5 Å². The average Bonchev–Trinajstić information content (AvgIpc) is 2.72. The zero-order valence-electron chi connectivity index (χ0n) is 18.8. The lowest BCUT2D eigenvalue weighted by atomic mass is 10.1. The second kappa shape index (κ2) is 18.7. The molecular weight excluding hydrogens is 368 g/mol. The Morgan fingerprint density at radius 2 is 1.17 bits per heavy atom. The zero-order chi connectivity index (χ0) is 21.0. The number of unbranched alkanes of at least 4 members (excludes halogenated alkanes) is 2. The van der Waals surface area contributed by atoms with Crippen LogP contribution in [0.4, 0.5) is 11.4 Å². The number of anilines is 2. The maximum Gasteiger partial charge on any atom is 0.0701 e. The van der Waals surface area contributed by atoms with E-state index in [-0.39, 0.29) is 0 Å². The SMILES string of the molecule is CCCCOCCOCCNc1ccc(NCCOCCOCCCC)c(C)c1. The first-order valence-electron chi connectivity index (χ1n) is 11.2. The molecule has 0 heterocycles. The minimum Gasteiger partial charge on any atom is -0.383 e. The van der Waals surface area contributed by atoms with Gasteiger partial charge in [-0.15, -0.1) is 0 Å². The van der Waals surface area contributed by atoms with Gasteiger partial charge < -0.3 is 29.6 Å². The Balaban J connectivity index is 2.05. The van der Waals surface area contributed by atoms with Crippen molar-refractivity contribution in [1.29, 1.82) is 0 Å². The lowest BCUT2D eigenvalue weighted by Gasteiger charge is -2.13. The van der Waals surface area contributed by atoms with Crippen LogP contribution in [-0.4, -0.2) is 65.9 Å². The van der Waals surface area contributed by atoms with Gasteiger partial charge in [-0.25, -0.2) is 0 Å². The molecular formula is C23H42N2O4. The summed E-state index contributed by atoms with van der Waals surface area (Å²) in [6, 6.07) is 6.35. The van der Waals surface area contributed by atoms with E-state index in [1.165, 1.54) is 18.4 Å². The van der Waals surface area contributed by atoms with Crippen LogP contribution < -0.4 is 10.6 Å². The highest BCUT2D eigenvalue weighted by Gasteiger charge is 2.00. The summed E-state index contributed by atoms with van der Waals surface area (Å²) in [6.07, 6.45) is 4.57. The van der Waals surface area contributed by atoms with E-state index in [2.05, 4.69) is 49.6 Å². The van der Waals surface area contributed by atoms with Crippen molar-refractivity contribution in [2.24, 2.45) is 0 Å². The molecule has 0 radical (unpaired) electrons. The summed E-state index contributed by atoms with van der Waals surface area (Å²) in [7, 11) is 0. The Kier molecular flexibility index (Phi) is 16.5. The van der Waals surface area contributed by atoms with Gasteiger partial charge in [-0.05, 0) is 43.5 Å². The summed E-state index contributed by atoms with van der Waals surface area (Å²) in [4.78, 5) is 0. The zero-order valence-corrected chi connectivity index (χ0v) is 18.8. The van der Waals surface area contributed by atoms with Crippen LogP contribution in [0.3, 0.4) is 0 Å². The number of benzene rings is 1. The van der Waals surface area contributed by atoms with Gasteiger partial charge in [-0.3, -0.25) is 0 Å². The average molecular weight is 411 g/mol. The Morgan fingerprint density at radius 1 is 0.655 bits per heavy atom. The van der Waals surface area contributed by atoms with Crippen molar-refractivity contribution >= 4 is 11.4 Å². The van der Waals surface area contributed by atoms with Crippen LogP contribution in [-0.2, 0) is 18.9 Å². The molecule has 0 saturated heterocycles. The summed E-state index contributed by atoms with van der Waals surface area (Å²) in [6.45, 7) is 13.7. The van der Waals surface area contributed by atoms with Gasteiger partial charge in [0.1, 0.15) is 0 Å². The monoisotopic (exact) mass is 410 g/mol. The molecule has 0 bridgehead atoms. The maximum atomic E-state index is 5.59. The van der Waals surface area contributed by atoms with Crippen LogP contribution in [0.2, 0.25) is 0 Å². The third-order valence-electron chi connectivity index (χ3n) is 4.39. The van der Waals surface area contributed by atoms with Crippen molar-refractivity contribution in [3.05, 3.63) is 23.8 Å². The molecule has 168 valence electrons. The molecule has 0 aliphatic carbocycles. The summed E-state index contributed by atoms with van der Waals surface area (Å²) in [5.74, 6) is 0. The van der Waals surface area contributed by atoms with E-state index in [0.29, 0.717) is 39.6 Å². The van der Waals surface area contributed by atoms with Gasteiger partial charge >= 0.3 is 0 Å². The molecule has 0 spiro atoms. The molecule has 2 N–H and O–H groups in total. The minimum atomic E-state index is 0.653. The molecule has 1 aromatic rings. The van der Waals surface area contributed by atoms with Crippen molar-refractivity contribution in [2.75, 3.05) is 76.6 Å². The Hall–Kier alpha value is -1.34. The van der Waals surface area contributed by atoms with Crippen molar-refractivity contribution in [1.82, 2.24) is 0 Å². The molecule has 29 heavy (non-hydrogen) atoms. The van der Waals surface area contributed by atoms with Gasteiger partial charge in [0.05, 0.1) is 39.6 Å². The van der Waals surface area contributed by atoms with E-state index >= 15 is 0 Å². The number of rotatable bonds is 20. The van der Waals surface area contributed by atoms with Gasteiger partial charge in [-0.2, -0.15) is 0 Å². The van der Waals surface area contributed by atoms with Gasteiger partial charge in [0.2, 0.25) is 0 Å². The molecule has 0 saturated carbocycles. The normalized spacial score (nSPS) is 11.0. The number of aryl methyl sites for hydroxylation is 1. The molecule has 0 amide bonds. The largest absolute Gasteiger partial charge is 0.383 e. The van der Waals surface area contributed by atoms with Gasteiger partial charge in [0.25, 0.3) is 0 Å².